The molecule has 0 radical (unpaired) electrons. The number of nitrogens with two attached hydrogens (primary N) is 1. The van der Waals surface area contributed by atoms with Gasteiger partial charge in [0.25, 0.3) is 0 Å². The van der Waals surface area contributed by atoms with Crippen molar-refractivity contribution < 1.29 is 27.4 Å². The molecule has 2 aliphatic rings. The summed E-state index contributed by atoms with van der Waals surface area (Å²) < 4.78 is 42.4. The zero-order valence-electron chi connectivity index (χ0n) is 15.5. The number of carbonyl (C=O) groups is 1. The second-order valence-electron chi connectivity index (χ2n) is 7.02. The van der Waals surface area contributed by atoms with Gasteiger partial charge in [0.15, 0.2) is 21.3 Å². The van der Waals surface area contributed by atoms with E-state index in [0.717, 1.165) is 5.56 Å². The summed E-state index contributed by atoms with van der Waals surface area (Å²) in [4.78, 5) is 12.7. The normalized spacial score (nSPS) is 25.4. The van der Waals surface area contributed by atoms with Crippen molar-refractivity contribution in [2.45, 2.75) is 35.4 Å². The maximum atomic E-state index is 13.3. The molecule has 0 saturated heterocycles. The lowest BCUT2D eigenvalue weighted by Gasteiger charge is -2.11. The molecule has 1 heterocycles. The van der Waals surface area contributed by atoms with E-state index in [4.69, 9.17) is 19.9 Å². The molecule has 0 bridgehead atoms. The van der Waals surface area contributed by atoms with Crippen molar-refractivity contribution in [3.05, 3.63) is 53.6 Å². The third-order valence-corrected chi connectivity index (χ3v) is 7.51. The van der Waals surface area contributed by atoms with E-state index < -0.39 is 32.5 Å². The number of carbonyl (C=O) groups excluding carboxylic acids is 1. The third-order valence-electron chi connectivity index (χ3n) is 5.25. The number of sulfone groups is 1. The molecule has 148 valence electrons. The Morgan fingerprint density at radius 2 is 1.86 bits per heavy atom. The molecule has 1 aliphatic carbocycles. The van der Waals surface area contributed by atoms with Crippen LogP contribution in [0.5, 0.6) is 11.5 Å². The fraction of sp³-hybridized carbons (Fsp3) is 0.350. The van der Waals surface area contributed by atoms with Gasteiger partial charge in [0.1, 0.15) is 10.8 Å². The monoisotopic (exact) mass is 403 g/mol. The van der Waals surface area contributed by atoms with Gasteiger partial charge in [0.05, 0.1) is 11.5 Å². The minimum atomic E-state index is -3.86. The lowest BCUT2D eigenvalue weighted by atomic mass is 10.1. The standard InChI is InChI=1S/C20H21NO6S/c1-3-25-19(22)20(21)17(13-6-9-15-16(10-13)27-11-26-15)18(20)28(23,24)14-7-4-12(2)5-8-14/h4-10,17-18H,3,11,21H2,1-2H3/t17-,18+,20-/m0/s1. The summed E-state index contributed by atoms with van der Waals surface area (Å²) in [6.07, 6.45) is 0. The zero-order valence-corrected chi connectivity index (χ0v) is 16.4. The van der Waals surface area contributed by atoms with E-state index >= 15 is 0 Å². The van der Waals surface area contributed by atoms with Crippen LogP contribution < -0.4 is 15.2 Å². The second-order valence-corrected chi connectivity index (χ2v) is 9.09. The molecule has 0 unspecified atom stereocenters. The van der Waals surface area contributed by atoms with E-state index in [0.29, 0.717) is 17.1 Å². The van der Waals surface area contributed by atoms with E-state index in [9.17, 15) is 13.2 Å². The largest absolute Gasteiger partial charge is 0.465 e. The Hall–Kier alpha value is -2.58. The van der Waals surface area contributed by atoms with Gasteiger partial charge in [-0.05, 0) is 43.7 Å². The first-order valence-corrected chi connectivity index (χ1v) is 10.5. The topological polar surface area (TPSA) is 105 Å². The maximum absolute atomic E-state index is 13.3. The average Bonchev–Trinajstić information content (AvgIpc) is 3.07. The Balaban J connectivity index is 1.77. The van der Waals surface area contributed by atoms with Crippen molar-refractivity contribution >= 4 is 15.8 Å². The summed E-state index contributed by atoms with van der Waals surface area (Å²) in [6.45, 7) is 3.74. The molecule has 7 nitrogen and oxygen atoms in total. The number of hydrogen-bond donors (Lipinski definition) is 1. The highest BCUT2D eigenvalue weighted by Gasteiger charge is 2.74. The first kappa shape index (κ1) is 18.8. The van der Waals surface area contributed by atoms with Gasteiger partial charge in [-0.3, -0.25) is 0 Å². The summed E-state index contributed by atoms with van der Waals surface area (Å²) in [6, 6.07) is 11.6. The number of fused-ring (bicyclic) bond motifs is 1. The molecule has 2 N–H and O–H groups in total. The number of ether oxygens (including phenoxy) is 3. The van der Waals surface area contributed by atoms with E-state index in [2.05, 4.69) is 0 Å². The summed E-state index contributed by atoms with van der Waals surface area (Å²) >= 11 is 0. The van der Waals surface area contributed by atoms with Crippen molar-refractivity contribution in [1.29, 1.82) is 0 Å². The number of aryl methyl sites for hydroxylation is 1. The molecule has 28 heavy (non-hydrogen) atoms. The molecule has 0 spiro atoms. The first-order valence-electron chi connectivity index (χ1n) is 8.96. The molecule has 0 aromatic heterocycles. The van der Waals surface area contributed by atoms with Crippen molar-refractivity contribution in [3.8, 4) is 11.5 Å². The van der Waals surface area contributed by atoms with Gasteiger partial charge >= 0.3 is 5.97 Å². The molecular formula is C20H21NO6S. The number of esters is 1. The Morgan fingerprint density at radius 3 is 2.54 bits per heavy atom. The van der Waals surface area contributed by atoms with Crippen LogP contribution in [0.1, 0.15) is 24.0 Å². The molecule has 1 fully saturated rings. The van der Waals surface area contributed by atoms with Gasteiger partial charge in [-0.2, -0.15) is 0 Å². The lowest BCUT2D eigenvalue weighted by molar-refractivity contribution is -0.145. The van der Waals surface area contributed by atoms with Crippen LogP contribution in [0.25, 0.3) is 0 Å². The van der Waals surface area contributed by atoms with Crippen LogP contribution in [0.15, 0.2) is 47.4 Å². The quantitative estimate of drug-likeness (QED) is 0.761. The highest BCUT2D eigenvalue weighted by Crippen LogP contribution is 2.57. The van der Waals surface area contributed by atoms with Crippen molar-refractivity contribution in [2.75, 3.05) is 13.4 Å². The molecular weight excluding hydrogens is 382 g/mol. The second kappa shape index (κ2) is 6.49. The molecule has 8 heteroatoms. The van der Waals surface area contributed by atoms with Crippen LogP contribution in [-0.4, -0.2) is 38.6 Å². The van der Waals surface area contributed by atoms with Crippen LogP contribution >= 0.6 is 0 Å². The molecule has 4 rings (SSSR count). The van der Waals surface area contributed by atoms with Crippen LogP contribution in [0.4, 0.5) is 0 Å². The number of hydrogen-bond acceptors (Lipinski definition) is 7. The summed E-state index contributed by atoms with van der Waals surface area (Å²) in [5, 5.41) is -1.12. The molecule has 1 aliphatic heterocycles. The van der Waals surface area contributed by atoms with Gasteiger partial charge in [-0.25, -0.2) is 13.2 Å². The van der Waals surface area contributed by atoms with Crippen LogP contribution in [0.2, 0.25) is 0 Å². The molecule has 0 amide bonds. The van der Waals surface area contributed by atoms with Crippen molar-refractivity contribution in [3.63, 3.8) is 0 Å². The van der Waals surface area contributed by atoms with Gasteiger partial charge in [0.2, 0.25) is 6.79 Å². The predicted octanol–water partition coefficient (Wildman–Crippen LogP) is 1.92. The van der Waals surface area contributed by atoms with Gasteiger partial charge in [-0.1, -0.05) is 23.8 Å². The van der Waals surface area contributed by atoms with Crippen LogP contribution in [0.3, 0.4) is 0 Å². The maximum Gasteiger partial charge on any atom is 0.328 e. The van der Waals surface area contributed by atoms with Gasteiger partial charge in [0, 0.05) is 5.92 Å². The third kappa shape index (κ3) is 2.75. The highest BCUT2D eigenvalue weighted by atomic mass is 32.2. The predicted molar refractivity (Wildman–Crippen MR) is 101 cm³/mol. The van der Waals surface area contributed by atoms with Crippen molar-refractivity contribution in [2.24, 2.45) is 5.73 Å². The van der Waals surface area contributed by atoms with E-state index in [1.807, 2.05) is 6.92 Å². The fourth-order valence-corrected chi connectivity index (χ4v) is 5.97. The molecule has 2 aromatic rings. The highest BCUT2D eigenvalue weighted by molar-refractivity contribution is 7.92. The van der Waals surface area contributed by atoms with Crippen LogP contribution in [0, 0.1) is 6.92 Å². The van der Waals surface area contributed by atoms with E-state index in [-0.39, 0.29) is 18.3 Å². The minimum Gasteiger partial charge on any atom is -0.465 e. The Kier molecular flexibility index (Phi) is 4.35. The summed E-state index contributed by atoms with van der Waals surface area (Å²) in [5.41, 5.74) is 6.24. The van der Waals surface area contributed by atoms with E-state index in [1.165, 1.54) is 12.1 Å². The lowest BCUT2D eigenvalue weighted by Crippen LogP contribution is -2.41. The average molecular weight is 403 g/mol. The number of rotatable bonds is 5. The fourth-order valence-electron chi connectivity index (χ4n) is 3.74. The SMILES string of the molecule is CCOC(=O)[C@@]1(N)[C@H](S(=O)(=O)c2ccc(C)cc2)[C@@H]1c1ccc2c(c1)OCO2. The Morgan fingerprint density at radius 1 is 1.18 bits per heavy atom. The van der Waals surface area contributed by atoms with Gasteiger partial charge < -0.3 is 19.9 Å². The van der Waals surface area contributed by atoms with E-state index in [1.54, 1.807) is 37.3 Å². The molecule has 2 aromatic carbocycles. The Labute approximate surface area is 163 Å². The Bertz CT molecular complexity index is 1030. The van der Waals surface area contributed by atoms with Gasteiger partial charge in [-0.15, -0.1) is 0 Å². The summed E-state index contributed by atoms with van der Waals surface area (Å²) in [5.74, 6) is -0.395. The summed E-state index contributed by atoms with van der Waals surface area (Å²) in [7, 11) is -3.86. The first-order chi connectivity index (χ1) is 13.3. The molecule has 3 atom stereocenters. The molecule has 1 saturated carbocycles. The smallest absolute Gasteiger partial charge is 0.328 e. The zero-order chi connectivity index (χ0) is 20.1. The number of benzene rings is 2. The van der Waals surface area contributed by atoms with Crippen molar-refractivity contribution in [1.82, 2.24) is 0 Å². The minimum absolute atomic E-state index is 0.0974. The van der Waals surface area contributed by atoms with Crippen LogP contribution in [-0.2, 0) is 19.4 Å².